The first-order valence-corrected chi connectivity index (χ1v) is 7.84. The van der Waals surface area contributed by atoms with Gasteiger partial charge in [-0.3, -0.25) is 19.7 Å². The van der Waals surface area contributed by atoms with Gasteiger partial charge in [-0.15, -0.1) is 10.2 Å². The Balaban J connectivity index is 1.54. The smallest absolute Gasteiger partial charge is 0.240 e. The van der Waals surface area contributed by atoms with Crippen LogP contribution in [-0.2, 0) is 11.3 Å². The summed E-state index contributed by atoms with van der Waals surface area (Å²) in [6.45, 7) is 4.05. The van der Waals surface area contributed by atoms with Crippen LogP contribution in [0.2, 0.25) is 0 Å². The Hall–Kier alpha value is -1.80. The van der Waals surface area contributed by atoms with Crippen LogP contribution in [0, 0.1) is 6.92 Å². The van der Waals surface area contributed by atoms with Crippen molar-refractivity contribution in [2.45, 2.75) is 32.4 Å². The summed E-state index contributed by atoms with van der Waals surface area (Å²) in [6.07, 6.45) is 5.96. The van der Waals surface area contributed by atoms with E-state index in [1.54, 1.807) is 6.20 Å². The molecule has 2 aromatic heterocycles. The fourth-order valence-electron chi connectivity index (χ4n) is 2.62. The van der Waals surface area contributed by atoms with E-state index in [4.69, 9.17) is 0 Å². The second-order valence-electron chi connectivity index (χ2n) is 5.17. The molecule has 1 fully saturated rings. The number of nitrogens with one attached hydrogen (secondary N) is 1. The molecule has 0 aromatic carbocycles. The van der Waals surface area contributed by atoms with Crippen LogP contribution in [0.15, 0.2) is 18.5 Å². The molecule has 0 bridgehead atoms. The molecule has 1 atom stereocenters. The Morgan fingerprint density at radius 1 is 1.52 bits per heavy atom. The van der Waals surface area contributed by atoms with Crippen LogP contribution in [-0.4, -0.2) is 49.9 Å². The minimum Gasteiger partial charge on any atom is -0.299 e. The Morgan fingerprint density at radius 2 is 2.43 bits per heavy atom. The van der Waals surface area contributed by atoms with E-state index in [0.29, 0.717) is 17.7 Å². The average Bonchev–Trinajstić information content (AvgIpc) is 3.15. The number of anilines is 1. The molecule has 21 heavy (non-hydrogen) atoms. The molecule has 0 spiro atoms. The molecule has 3 heterocycles. The molecular weight excluding hydrogens is 288 g/mol. The van der Waals surface area contributed by atoms with Crippen molar-refractivity contribution in [2.24, 2.45) is 0 Å². The van der Waals surface area contributed by atoms with Crippen LogP contribution in [0.3, 0.4) is 0 Å². The van der Waals surface area contributed by atoms with Crippen molar-refractivity contribution in [1.82, 2.24) is 24.9 Å². The standard InChI is InChI=1S/C13H18N6OS/c1-10-16-17-13(21-10)15-12(20)9-18-6-2-4-11(18)8-19-7-3-5-14-19/h3,5,7,11H,2,4,6,8-9H2,1H3,(H,15,17,20)/t11-/m1/s1. The van der Waals surface area contributed by atoms with E-state index in [2.05, 4.69) is 25.5 Å². The van der Waals surface area contributed by atoms with Gasteiger partial charge >= 0.3 is 0 Å². The van der Waals surface area contributed by atoms with Crippen LogP contribution in [0.25, 0.3) is 0 Å². The summed E-state index contributed by atoms with van der Waals surface area (Å²) in [5.74, 6) is -0.0292. The summed E-state index contributed by atoms with van der Waals surface area (Å²) in [6, 6.07) is 2.29. The van der Waals surface area contributed by atoms with Gasteiger partial charge in [-0.25, -0.2) is 0 Å². The number of aromatic nitrogens is 4. The molecule has 3 rings (SSSR count). The maximum Gasteiger partial charge on any atom is 0.240 e. The lowest BCUT2D eigenvalue weighted by Crippen LogP contribution is -2.39. The number of nitrogens with zero attached hydrogens (tertiary/aromatic N) is 5. The molecule has 112 valence electrons. The van der Waals surface area contributed by atoms with Gasteiger partial charge in [-0.05, 0) is 32.4 Å². The molecule has 1 amide bonds. The second-order valence-corrected chi connectivity index (χ2v) is 6.35. The summed E-state index contributed by atoms with van der Waals surface area (Å²) in [4.78, 5) is 14.3. The van der Waals surface area contributed by atoms with E-state index >= 15 is 0 Å². The van der Waals surface area contributed by atoms with E-state index in [1.165, 1.54) is 11.3 Å². The van der Waals surface area contributed by atoms with Gasteiger partial charge in [0.25, 0.3) is 0 Å². The first-order chi connectivity index (χ1) is 10.2. The quantitative estimate of drug-likeness (QED) is 0.896. The predicted octanol–water partition coefficient (Wildman–Crippen LogP) is 1.15. The molecule has 1 aliphatic rings. The van der Waals surface area contributed by atoms with Crippen LogP contribution < -0.4 is 5.32 Å². The van der Waals surface area contributed by atoms with Crippen molar-refractivity contribution in [1.29, 1.82) is 0 Å². The maximum absolute atomic E-state index is 12.1. The first-order valence-electron chi connectivity index (χ1n) is 7.02. The van der Waals surface area contributed by atoms with Gasteiger partial charge in [0.2, 0.25) is 11.0 Å². The van der Waals surface area contributed by atoms with E-state index in [1.807, 2.05) is 23.9 Å². The molecule has 0 aliphatic carbocycles. The average molecular weight is 306 g/mol. The number of hydrogen-bond acceptors (Lipinski definition) is 6. The number of carbonyl (C=O) groups excluding carboxylic acids is 1. The molecule has 8 heteroatoms. The summed E-state index contributed by atoms with van der Waals surface area (Å²) in [5, 5.41) is 16.3. The fraction of sp³-hybridized carbons (Fsp3) is 0.538. The third-order valence-electron chi connectivity index (χ3n) is 3.58. The van der Waals surface area contributed by atoms with Crippen LogP contribution in [0.1, 0.15) is 17.8 Å². The van der Waals surface area contributed by atoms with Gasteiger partial charge in [0.15, 0.2) is 0 Å². The largest absolute Gasteiger partial charge is 0.299 e. The van der Waals surface area contributed by atoms with Crippen LogP contribution in [0.5, 0.6) is 0 Å². The van der Waals surface area contributed by atoms with Crippen molar-refractivity contribution in [3.8, 4) is 0 Å². The van der Waals surface area contributed by atoms with E-state index in [9.17, 15) is 4.79 Å². The molecule has 7 nitrogen and oxygen atoms in total. The van der Waals surface area contributed by atoms with E-state index in [-0.39, 0.29) is 5.91 Å². The van der Waals surface area contributed by atoms with Crippen molar-refractivity contribution in [3.05, 3.63) is 23.5 Å². The van der Waals surface area contributed by atoms with Crippen LogP contribution >= 0.6 is 11.3 Å². The number of amides is 1. The molecule has 1 N–H and O–H groups in total. The minimum atomic E-state index is -0.0292. The third kappa shape index (κ3) is 3.64. The van der Waals surface area contributed by atoms with Gasteiger partial charge < -0.3 is 0 Å². The number of carbonyl (C=O) groups is 1. The summed E-state index contributed by atoms with van der Waals surface area (Å²) < 4.78 is 1.93. The normalized spacial score (nSPS) is 19.0. The highest BCUT2D eigenvalue weighted by Crippen LogP contribution is 2.19. The summed E-state index contributed by atoms with van der Waals surface area (Å²) >= 11 is 1.39. The lowest BCUT2D eigenvalue weighted by Gasteiger charge is -2.23. The molecule has 0 saturated carbocycles. The number of rotatable bonds is 5. The molecule has 1 aliphatic heterocycles. The van der Waals surface area contributed by atoms with Crippen molar-refractivity contribution in [2.75, 3.05) is 18.4 Å². The van der Waals surface area contributed by atoms with Crippen LogP contribution in [0.4, 0.5) is 5.13 Å². The Kier molecular flexibility index (Phi) is 4.26. The number of aryl methyl sites for hydroxylation is 1. The highest BCUT2D eigenvalue weighted by atomic mass is 32.1. The van der Waals surface area contributed by atoms with Crippen molar-refractivity contribution >= 4 is 22.4 Å². The zero-order valence-electron chi connectivity index (χ0n) is 11.9. The van der Waals surface area contributed by atoms with Gasteiger partial charge in [0.05, 0.1) is 13.1 Å². The van der Waals surface area contributed by atoms with Crippen molar-refractivity contribution in [3.63, 3.8) is 0 Å². The topological polar surface area (TPSA) is 75.9 Å². The number of likely N-dealkylation sites (tertiary alicyclic amines) is 1. The number of hydrogen-bond donors (Lipinski definition) is 1. The highest BCUT2D eigenvalue weighted by molar-refractivity contribution is 7.15. The maximum atomic E-state index is 12.1. The van der Waals surface area contributed by atoms with Gasteiger partial charge in [0, 0.05) is 18.4 Å². The zero-order valence-corrected chi connectivity index (χ0v) is 12.7. The molecule has 1 saturated heterocycles. The first kappa shape index (κ1) is 14.2. The van der Waals surface area contributed by atoms with E-state index in [0.717, 1.165) is 30.9 Å². The van der Waals surface area contributed by atoms with Gasteiger partial charge in [0.1, 0.15) is 5.01 Å². The van der Waals surface area contributed by atoms with Gasteiger partial charge in [-0.1, -0.05) is 11.3 Å². The predicted molar refractivity (Wildman–Crippen MR) is 80.1 cm³/mol. The van der Waals surface area contributed by atoms with Gasteiger partial charge in [-0.2, -0.15) is 5.10 Å². The monoisotopic (exact) mass is 306 g/mol. The van der Waals surface area contributed by atoms with Crippen molar-refractivity contribution < 1.29 is 4.79 Å². The SMILES string of the molecule is Cc1nnc(NC(=O)CN2CCC[C@@H]2Cn2cccn2)s1. The molecule has 2 aromatic rings. The lowest BCUT2D eigenvalue weighted by atomic mass is 10.2. The molecule has 0 unspecified atom stereocenters. The zero-order chi connectivity index (χ0) is 14.7. The Labute approximate surface area is 127 Å². The minimum absolute atomic E-state index is 0.0292. The third-order valence-corrected chi connectivity index (χ3v) is 4.33. The Bertz CT molecular complexity index is 596. The highest BCUT2D eigenvalue weighted by Gasteiger charge is 2.26. The molecular formula is C13H18N6OS. The Morgan fingerprint density at radius 3 is 3.14 bits per heavy atom. The summed E-state index contributed by atoms with van der Waals surface area (Å²) in [7, 11) is 0. The molecule has 0 radical (unpaired) electrons. The summed E-state index contributed by atoms with van der Waals surface area (Å²) in [5.41, 5.74) is 0. The lowest BCUT2D eigenvalue weighted by molar-refractivity contribution is -0.117. The van der Waals surface area contributed by atoms with E-state index < -0.39 is 0 Å². The second kappa shape index (κ2) is 6.31. The fourth-order valence-corrected chi connectivity index (χ4v) is 3.23.